The zero-order chi connectivity index (χ0) is 18.9. The van der Waals surface area contributed by atoms with Crippen molar-refractivity contribution in [2.75, 3.05) is 12.4 Å². The number of phenolic OH excluding ortho intramolecular Hbond substituents is 1. The molecule has 3 aromatic rings. The molecule has 6 nitrogen and oxygen atoms in total. The summed E-state index contributed by atoms with van der Waals surface area (Å²) in [4.78, 5) is 12.6. The first-order chi connectivity index (χ1) is 12.3. The van der Waals surface area contributed by atoms with Crippen LogP contribution in [0.25, 0.3) is 10.8 Å². The fourth-order valence-electron chi connectivity index (χ4n) is 2.69. The van der Waals surface area contributed by atoms with Gasteiger partial charge in [0, 0.05) is 5.69 Å². The molecule has 0 aliphatic carbocycles. The summed E-state index contributed by atoms with van der Waals surface area (Å²) in [6.07, 6.45) is 0. The molecule has 0 aliphatic rings. The minimum Gasteiger partial charge on any atom is -0.507 e. The van der Waals surface area contributed by atoms with Gasteiger partial charge in [-0.3, -0.25) is 4.79 Å². The van der Waals surface area contributed by atoms with Crippen LogP contribution in [0.15, 0.2) is 59.5 Å². The van der Waals surface area contributed by atoms with Crippen LogP contribution in [-0.4, -0.2) is 26.5 Å². The van der Waals surface area contributed by atoms with E-state index in [0.29, 0.717) is 11.3 Å². The number of benzene rings is 3. The summed E-state index contributed by atoms with van der Waals surface area (Å²) in [6, 6.07) is 15.1. The first-order valence-electron chi connectivity index (χ1n) is 7.89. The van der Waals surface area contributed by atoms with E-state index in [9.17, 15) is 18.3 Å². The van der Waals surface area contributed by atoms with E-state index in [1.54, 1.807) is 25.1 Å². The number of rotatable bonds is 4. The van der Waals surface area contributed by atoms with E-state index in [2.05, 4.69) is 10.0 Å². The van der Waals surface area contributed by atoms with Crippen molar-refractivity contribution in [2.24, 2.45) is 0 Å². The molecule has 0 radical (unpaired) electrons. The van der Waals surface area contributed by atoms with Gasteiger partial charge in [0.1, 0.15) is 5.75 Å². The van der Waals surface area contributed by atoms with Crippen molar-refractivity contribution in [3.63, 3.8) is 0 Å². The van der Waals surface area contributed by atoms with Crippen LogP contribution in [0.1, 0.15) is 15.9 Å². The van der Waals surface area contributed by atoms with Gasteiger partial charge in [0.15, 0.2) is 0 Å². The molecule has 26 heavy (non-hydrogen) atoms. The smallest absolute Gasteiger partial charge is 0.259 e. The molecule has 0 heterocycles. The van der Waals surface area contributed by atoms with Crippen LogP contribution in [0.2, 0.25) is 0 Å². The topological polar surface area (TPSA) is 95.5 Å². The molecule has 134 valence electrons. The Kier molecular flexibility index (Phi) is 4.67. The molecule has 7 heteroatoms. The summed E-state index contributed by atoms with van der Waals surface area (Å²) < 4.78 is 26.4. The van der Waals surface area contributed by atoms with Crippen molar-refractivity contribution in [3.05, 3.63) is 65.7 Å². The Morgan fingerprint density at radius 3 is 2.31 bits per heavy atom. The van der Waals surface area contributed by atoms with E-state index in [0.717, 1.165) is 10.8 Å². The van der Waals surface area contributed by atoms with Gasteiger partial charge in [-0.15, -0.1) is 0 Å². The van der Waals surface area contributed by atoms with E-state index in [1.807, 2.05) is 24.3 Å². The third kappa shape index (κ3) is 3.40. The van der Waals surface area contributed by atoms with Crippen LogP contribution >= 0.6 is 0 Å². The van der Waals surface area contributed by atoms with E-state index in [-0.39, 0.29) is 16.2 Å². The lowest BCUT2D eigenvalue weighted by molar-refractivity contribution is 0.102. The van der Waals surface area contributed by atoms with Crippen LogP contribution < -0.4 is 10.0 Å². The van der Waals surface area contributed by atoms with E-state index in [4.69, 9.17) is 0 Å². The number of carbonyl (C=O) groups is 1. The Balaban J connectivity index is 1.96. The van der Waals surface area contributed by atoms with Crippen molar-refractivity contribution in [3.8, 4) is 5.75 Å². The number of carbonyl (C=O) groups excluding carboxylic acids is 1. The summed E-state index contributed by atoms with van der Waals surface area (Å²) >= 11 is 0. The highest BCUT2D eigenvalue weighted by Gasteiger charge is 2.17. The molecule has 0 unspecified atom stereocenters. The minimum atomic E-state index is -3.64. The first kappa shape index (κ1) is 17.9. The average molecular weight is 370 g/mol. The van der Waals surface area contributed by atoms with Crippen LogP contribution in [-0.2, 0) is 10.0 Å². The number of aryl methyl sites for hydroxylation is 1. The second-order valence-electron chi connectivity index (χ2n) is 5.86. The van der Waals surface area contributed by atoms with Gasteiger partial charge in [-0.05, 0) is 54.6 Å². The molecule has 0 fully saturated rings. The number of hydrogen-bond acceptors (Lipinski definition) is 4. The van der Waals surface area contributed by atoms with Crippen molar-refractivity contribution in [2.45, 2.75) is 11.8 Å². The third-order valence-corrected chi connectivity index (χ3v) is 5.67. The van der Waals surface area contributed by atoms with Crippen molar-refractivity contribution >= 4 is 32.4 Å². The number of aromatic hydroxyl groups is 1. The maximum Gasteiger partial charge on any atom is 0.259 e. The molecule has 3 rings (SSSR count). The van der Waals surface area contributed by atoms with Crippen molar-refractivity contribution in [1.29, 1.82) is 0 Å². The zero-order valence-corrected chi connectivity index (χ0v) is 15.1. The van der Waals surface area contributed by atoms with E-state index in [1.165, 1.54) is 19.2 Å². The van der Waals surface area contributed by atoms with Gasteiger partial charge in [0.2, 0.25) is 10.0 Å². The standard InChI is InChI=1S/C19H18N2O4S/c1-12-7-8-15(11-18(12)26(24,25)20-2)21-19(23)16-9-13-5-3-4-6-14(13)10-17(16)22/h3-11,20,22H,1-2H3,(H,21,23). The van der Waals surface area contributed by atoms with Gasteiger partial charge < -0.3 is 10.4 Å². The van der Waals surface area contributed by atoms with Gasteiger partial charge >= 0.3 is 0 Å². The third-order valence-electron chi connectivity index (χ3n) is 4.11. The molecular weight excluding hydrogens is 352 g/mol. The summed E-state index contributed by atoms with van der Waals surface area (Å²) in [6.45, 7) is 1.67. The van der Waals surface area contributed by atoms with Crippen LogP contribution in [0.4, 0.5) is 5.69 Å². The second kappa shape index (κ2) is 6.78. The van der Waals surface area contributed by atoms with Gasteiger partial charge in [0.25, 0.3) is 5.91 Å². The lowest BCUT2D eigenvalue weighted by atomic mass is 10.1. The Morgan fingerprint density at radius 1 is 1.00 bits per heavy atom. The number of nitrogens with one attached hydrogen (secondary N) is 2. The van der Waals surface area contributed by atoms with Gasteiger partial charge in [-0.25, -0.2) is 13.1 Å². The van der Waals surface area contributed by atoms with Crippen LogP contribution in [0, 0.1) is 6.92 Å². The molecule has 3 aromatic carbocycles. The second-order valence-corrected chi connectivity index (χ2v) is 7.71. The highest BCUT2D eigenvalue weighted by molar-refractivity contribution is 7.89. The van der Waals surface area contributed by atoms with Gasteiger partial charge in [0.05, 0.1) is 10.5 Å². The van der Waals surface area contributed by atoms with Gasteiger partial charge in [-0.1, -0.05) is 30.3 Å². The minimum absolute atomic E-state index is 0.0838. The largest absolute Gasteiger partial charge is 0.507 e. The molecule has 3 N–H and O–H groups in total. The fourth-order valence-corrected chi connectivity index (χ4v) is 3.68. The van der Waals surface area contributed by atoms with Gasteiger partial charge in [-0.2, -0.15) is 0 Å². The molecule has 0 atom stereocenters. The molecule has 0 bridgehead atoms. The Labute approximate surface area is 151 Å². The molecule has 0 aliphatic heterocycles. The summed E-state index contributed by atoms with van der Waals surface area (Å²) in [5.41, 5.74) is 0.996. The van der Waals surface area contributed by atoms with E-state index < -0.39 is 15.9 Å². The summed E-state index contributed by atoms with van der Waals surface area (Å²) in [5.74, 6) is -0.665. The molecule has 1 amide bonds. The first-order valence-corrected chi connectivity index (χ1v) is 9.37. The van der Waals surface area contributed by atoms with Crippen LogP contribution in [0.3, 0.4) is 0 Å². The number of sulfonamides is 1. The normalized spacial score (nSPS) is 11.5. The molecule has 0 spiro atoms. The highest BCUT2D eigenvalue weighted by Crippen LogP contribution is 2.26. The maximum absolute atomic E-state index is 12.6. The predicted molar refractivity (Wildman–Crippen MR) is 101 cm³/mol. The predicted octanol–water partition coefficient (Wildman–Crippen LogP) is 3.01. The Morgan fingerprint density at radius 2 is 1.65 bits per heavy atom. The number of hydrogen-bond donors (Lipinski definition) is 3. The zero-order valence-electron chi connectivity index (χ0n) is 14.3. The maximum atomic E-state index is 12.6. The number of phenols is 1. The average Bonchev–Trinajstić information content (AvgIpc) is 2.62. The monoisotopic (exact) mass is 370 g/mol. The lowest BCUT2D eigenvalue weighted by Gasteiger charge is -2.11. The number of amides is 1. The number of fused-ring (bicyclic) bond motifs is 1. The quantitative estimate of drug-likeness (QED) is 0.658. The number of anilines is 1. The Hall–Kier alpha value is -2.90. The van der Waals surface area contributed by atoms with Crippen molar-refractivity contribution < 1.29 is 18.3 Å². The van der Waals surface area contributed by atoms with E-state index >= 15 is 0 Å². The highest BCUT2D eigenvalue weighted by atomic mass is 32.2. The summed E-state index contributed by atoms with van der Waals surface area (Å²) in [5, 5.41) is 14.4. The fraction of sp³-hybridized carbons (Fsp3) is 0.105. The summed E-state index contributed by atoms with van der Waals surface area (Å²) in [7, 11) is -2.31. The lowest BCUT2D eigenvalue weighted by Crippen LogP contribution is -2.20. The molecular formula is C19H18N2O4S. The molecule has 0 aromatic heterocycles. The SMILES string of the molecule is CNS(=O)(=O)c1cc(NC(=O)c2cc3ccccc3cc2O)ccc1C. The molecule has 0 saturated heterocycles. The Bertz CT molecular complexity index is 1110. The molecule has 0 saturated carbocycles. The van der Waals surface area contributed by atoms with Crippen LogP contribution in [0.5, 0.6) is 5.75 Å². The van der Waals surface area contributed by atoms with Crippen molar-refractivity contribution in [1.82, 2.24) is 4.72 Å².